The third kappa shape index (κ3) is 4.45. The van der Waals surface area contributed by atoms with Gasteiger partial charge in [0.2, 0.25) is 5.91 Å². The van der Waals surface area contributed by atoms with Gasteiger partial charge >= 0.3 is 6.03 Å². The van der Waals surface area contributed by atoms with Gasteiger partial charge in [-0.05, 0) is 53.4 Å². The normalized spacial score (nSPS) is 21.6. The average Bonchev–Trinajstić information content (AvgIpc) is 2.60. The predicted octanol–water partition coefficient (Wildman–Crippen LogP) is 2.38. The standard InChI is InChI=1S/C17H31N3O3/c1-11(2)8-9-17(7)15(22)19(16(23)18-17)10-14(21)20(12(3)4)13(5)6/h11-13H,8-10H2,1-7H3,(H,18,23)/t17-/m1/s1. The monoisotopic (exact) mass is 325 g/mol. The van der Waals surface area contributed by atoms with E-state index < -0.39 is 11.6 Å². The number of imide groups is 1. The van der Waals surface area contributed by atoms with Gasteiger partial charge in [0.1, 0.15) is 12.1 Å². The maximum absolute atomic E-state index is 12.6. The lowest BCUT2D eigenvalue weighted by Gasteiger charge is -2.32. The fourth-order valence-corrected chi connectivity index (χ4v) is 3.03. The van der Waals surface area contributed by atoms with E-state index in [-0.39, 0.29) is 30.4 Å². The van der Waals surface area contributed by atoms with Crippen molar-refractivity contribution in [3.05, 3.63) is 0 Å². The molecule has 0 aliphatic carbocycles. The molecule has 0 bridgehead atoms. The molecule has 4 amide bonds. The molecular formula is C17H31N3O3. The predicted molar refractivity (Wildman–Crippen MR) is 89.8 cm³/mol. The van der Waals surface area contributed by atoms with Gasteiger partial charge in [-0.2, -0.15) is 0 Å². The minimum absolute atomic E-state index is 0.0237. The van der Waals surface area contributed by atoms with E-state index in [4.69, 9.17) is 0 Å². The number of hydrogen-bond acceptors (Lipinski definition) is 3. The van der Waals surface area contributed by atoms with Gasteiger partial charge in [-0.3, -0.25) is 14.5 Å². The van der Waals surface area contributed by atoms with Crippen molar-refractivity contribution >= 4 is 17.8 Å². The smallest absolute Gasteiger partial charge is 0.325 e. The van der Waals surface area contributed by atoms with Crippen LogP contribution in [0.3, 0.4) is 0 Å². The van der Waals surface area contributed by atoms with Crippen LogP contribution in [0.2, 0.25) is 0 Å². The second-order valence-corrected chi connectivity index (χ2v) is 7.57. The Labute approximate surface area is 139 Å². The Bertz CT molecular complexity index is 466. The van der Waals surface area contributed by atoms with Crippen LogP contribution in [-0.4, -0.2) is 51.8 Å². The van der Waals surface area contributed by atoms with Crippen LogP contribution in [0.25, 0.3) is 0 Å². The van der Waals surface area contributed by atoms with Gasteiger partial charge < -0.3 is 10.2 Å². The fourth-order valence-electron chi connectivity index (χ4n) is 3.03. The third-order valence-corrected chi connectivity index (χ3v) is 4.26. The number of carbonyl (C=O) groups is 3. The lowest BCUT2D eigenvalue weighted by molar-refractivity contribution is -0.141. The molecule has 0 unspecified atom stereocenters. The van der Waals surface area contributed by atoms with Crippen molar-refractivity contribution in [2.45, 2.75) is 78.9 Å². The molecule has 0 saturated carbocycles. The van der Waals surface area contributed by atoms with Crippen LogP contribution < -0.4 is 5.32 Å². The molecule has 1 rings (SSSR count). The largest absolute Gasteiger partial charge is 0.336 e. The molecule has 0 radical (unpaired) electrons. The molecule has 0 aromatic rings. The first-order valence-electron chi connectivity index (χ1n) is 8.45. The molecule has 1 N–H and O–H groups in total. The Kier molecular flexibility index (Phi) is 6.19. The van der Waals surface area contributed by atoms with E-state index in [9.17, 15) is 14.4 Å². The lowest BCUT2D eigenvalue weighted by Crippen LogP contribution is -2.49. The fraction of sp³-hybridized carbons (Fsp3) is 0.824. The maximum Gasteiger partial charge on any atom is 0.325 e. The number of hydrogen-bond donors (Lipinski definition) is 1. The highest BCUT2D eigenvalue weighted by molar-refractivity contribution is 6.08. The molecule has 1 aliphatic rings. The molecule has 0 aromatic carbocycles. The molecule has 1 saturated heterocycles. The van der Waals surface area contributed by atoms with Crippen molar-refractivity contribution in [2.75, 3.05) is 6.54 Å². The van der Waals surface area contributed by atoms with E-state index >= 15 is 0 Å². The van der Waals surface area contributed by atoms with Gasteiger partial charge in [0.25, 0.3) is 5.91 Å². The Morgan fingerprint density at radius 3 is 2.09 bits per heavy atom. The zero-order valence-corrected chi connectivity index (χ0v) is 15.5. The quantitative estimate of drug-likeness (QED) is 0.731. The number of carbonyl (C=O) groups excluding carboxylic acids is 3. The zero-order chi connectivity index (χ0) is 17.9. The number of nitrogens with one attached hydrogen (secondary N) is 1. The van der Waals surface area contributed by atoms with Crippen molar-refractivity contribution in [2.24, 2.45) is 5.92 Å². The first-order valence-corrected chi connectivity index (χ1v) is 8.45. The summed E-state index contributed by atoms with van der Waals surface area (Å²) < 4.78 is 0. The summed E-state index contributed by atoms with van der Waals surface area (Å²) in [5, 5.41) is 2.75. The van der Waals surface area contributed by atoms with Crippen LogP contribution >= 0.6 is 0 Å². The van der Waals surface area contributed by atoms with Crippen LogP contribution in [0.4, 0.5) is 4.79 Å². The Hall–Kier alpha value is -1.59. The average molecular weight is 325 g/mol. The van der Waals surface area contributed by atoms with E-state index in [0.717, 1.165) is 11.3 Å². The summed E-state index contributed by atoms with van der Waals surface area (Å²) in [5.74, 6) is -0.0554. The van der Waals surface area contributed by atoms with Gasteiger partial charge in [0, 0.05) is 12.1 Å². The molecule has 1 aliphatic heterocycles. The molecule has 0 aromatic heterocycles. The van der Waals surface area contributed by atoms with Crippen molar-refractivity contribution in [3.8, 4) is 0 Å². The molecule has 6 heteroatoms. The van der Waals surface area contributed by atoms with Crippen LogP contribution in [-0.2, 0) is 9.59 Å². The summed E-state index contributed by atoms with van der Waals surface area (Å²) in [6, 6.07) is -0.423. The highest BCUT2D eigenvalue weighted by Gasteiger charge is 2.48. The van der Waals surface area contributed by atoms with Gasteiger partial charge in [0.05, 0.1) is 0 Å². The van der Waals surface area contributed by atoms with Gasteiger partial charge in [-0.25, -0.2) is 4.79 Å². The summed E-state index contributed by atoms with van der Waals surface area (Å²) >= 11 is 0. The minimum Gasteiger partial charge on any atom is -0.336 e. The van der Waals surface area contributed by atoms with Gasteiger partial charge in [-0.1, -0.05) is 13.8 Å². The van der Waals surface area contributed by atoms with Crippen LogP contribution in [0.5, 0.6) is 0 Å². The Morgan fingerprint density at radius 1 is 1.13 bits per heavy atom. The molecule has 0 spiro atoms. The lowest BCUT2D eigenvalue weighted by atomic mass is 9.92. The van der Waals surface area contributed by atoms with E-state index in [1.807, 2.05) is 27.7 Å². The summed E-state index contributed by atoms with van der Waals surface area (Å²) in [4.78, 5) is 40.0. The Morgan fingerprint density at radius 2 is 1.65 bits per heavy atom. The first-order chi connectivity index (χ1) is 10.5. The zero-order valence-electron chi connectivity index (χ0n) is 15.5. The highest BCUT2D eigenvalue weighted by Crippen LogP contribution is 2.25. The first kappa shape index (κ1) is 19.5. The van der Waals surface area contributed by atoms with Crippen LogP contribution in [0.1, 0.15) is 61.3 Å². The van der Waals surface area contributed by atoms with Gasteiger partial charge in [-0.15, -0.1) is 0 Å². The van der Waals surface area contributed by atoms with Crippen LogP contribution in [0, 0.1) is 5.92 Å². The molecule has 1 heterocycles. The minimum atomic E-state index is -0.901. The van der Waals surface area contributed by atoms with Crippen molar-refractivity contribution in [1.82, 2.24) is 15.1 Å². The molecule has 23 heavy (non-hydrogen) atoms. The van der Waals surface area contributed by atoms with Crippen molar-refractivity contribution in [1.29, 1.82) is 0 Å². The number of amides is 4. The maximum atomic E-state index is 12.6. The number of urea groups is 1. The van der Waals surface area contributed by atoms with E-state index in [1.165, 1.54) is 0 Å². The topological polar surface area (TPSA) is 69.7 Å². The number of nitrogens with zero attached hydrogens (tertiary/aromatic N) is 2. The second kappa shape index (κ2) is 7.32. The third-order valence-electron chi connectivity index (χ3n) is 4.26. The second-order valence-electron chi connectivity index (χ2n) is 7.57. The number of rotatable bonds is 7. The Balaban J connectivity index is 2.83. The molecule has 1 atom stereocenters. The van der Waals surface area contributed by atoms with E-state index in [0.29, 0.717) is 12.3 Å². The van der Waals surface area contributed by atoms with E-state index in [1.54, 1.807) is 11.8 Å². The van der Waals surface area contributed by atoms with Crippen molar-refractivity contribution in [3.63, 3.8) is 0 Å². The van der Waals surface area contributed by atoms with Crippen LogP contribution in [0.15, 0.2) is 0 Å². The SMILES string of the molecule is CC(C)CC[C@@]1(C)NC(=O)N(CC(=O)N(C(C)C)C(C)C)C1=O. The summed E-state index contributed by atoms with van der Waals surface area (Å²) in [6.45, 7) is 13.4. The summed E-state index contributed by atoms with van der Waals surface area (Å²) in [6.07, 6.45) is 1.42. The van der Waals surface area contributed by atoms with Gasteiger partial charge in [0.15, 0.2) is 0 Å². The summed E-state index contributed by atoms with van der Waals surface area (Å²) in [5.41, 5.74) is -0.901. The molecular weight excluding hydrogens is 294 g/mol. The molecule has 6 nitrogen and oxygen atoms in total. The molecule has 132 valence electrons. The van der Waals surface area contributed by atoms with Crippen molar-refractivity contribution < 1.29 is 14.4 Å². The van der Waals surface area contributed by atoms with E-state index in [2.05, 4.69) is 19.2 Å². The summed E-state index contributed by atoms with van der Waals surface area (Å²) in [7, 11) is 0. The highest BCUT2D eigenvalue weighted by atomic mass is 16.2. The molecule has 1 fully saturated rings.